The number of anilines is 1. The van der Waals surface area contributed by atoms with Crippen molar-refractivity contribution in [3.05, 3.63) is 23.9 Å². The van der Waals surface area contributed by atoms with Crippen LogP contribution in [0.25, 0.3) is 0 Å². The van der Waals surface area contributed by atoms with Gasteiger partial charge in [-0.25, -0.2) is 4.98 Å². The van der Waals surface area contributed by atoms with E-state index in [2.05, 4.69) is 40.4 Å². The van der Waals surface area contributed by atoms with E-state index < -0.39 is 0 Å². The molecule has 1 amide bonds. The number of rotatable bonds is 5. The zero-order valence-electron chi connectivity index (χ0n) is 12.5. The molecule has 1 aliphatic heterocycles. The summed E-state index contributed by atoms with van der Waals surface area (Å²) in [5, 5.41) is 6.28. The van der Waals surface area contributed by atoms with Crippen LogP contribution < -0.4 is 15.5 Å². The molecular weight excluding hydrogens is 252 g/mol. The van der Waals surface area contributed by atoms with Crippen LogP contribution in [0.3, 0.4) is 0 Å². The van der Waals surface area contributed by atoms with Crippen LogP contribution in [0.4, 0.5) is 5.82 Å². The number of pyridine rings is 1. The zero-order chi connectivity index (χ0) is 14.5. The minimum atomic E-state index is -0.103. The smallest absolute Gasteiger partial charge is 0.242 e. The normalized spacial score (nSPS) is 20.6. The molecule has 2 heterocycles. The Bertz CT molecular complexity index is 446. The number of nitrogens with zero attached hydrogens (tertiary/aromatic N) is 2. The van der Waals surface area contributed by atoms with Crippen molar-refractivity contribution in [1.29, 1.82) is 0 Å². The summed E-state index contributed by atoms with van der Waals surface area (Å²) in [7, 11) is 0. The Balaban J connectivity index is 2.14. The van der Waals surface area contributed by atoms with Gasteiger partial charge in [0.2, 0.25) is 5.91 Å². The third-order valence-corrected chi connectivity index (χ3v) is 3.79. The first-order valence-electron chi connectivity index (χ1n) is 7.41. The molecule has 2 N–H and O–H groups in total. The largest absolute Gasteiger partial charge is 0.353 e. The van der Waals surface area contributed by atoms with E-state index in [-0.39, 0.29) is 11.9 Å². The van der Waals surface area contributed by atoms with Gasteiger partial charge in [-0.1, -0.05) is 19.9 Å². The standard InChI is InChI=1S/C15H24N4O/c1-4-13-15(20)17-8-9-19(13)14-7-6-12(10-18-14)11(3)16-5-2/h6-7,10-11,13,16H,4-5,8-9H2,1-3H3,(H,17,20). The van der Waals surface area contributed by atoms with Crippen LogP contribution in [0, 0.1) is 0 Å². The third-order valence-electron chi connectivity index (χ3n) is 3.79. The molecule has 2 atom stereocenters. The van der Waals surface area contributed by atoms with Crippen molar-refractivity contribution in [2.45, 2.75) is 39.3 Å². The molecule has 5 heteroatoms. The fourth-order valence-corrected chi connectivity index (χ4v) is 2.64. The summed E-state index contributed by atoms with van der Waals surface area (Å²) < 4.78 is 0. The molecule has 1 saturated heterocycles. The van der Waals surface area contributed by atoms with Crippen molar-refractivity contribution < 1.29 is 4.79 Å². The highest BCUT2D eigenvalue weighted by Crippen LogP contribution is 2.20. The monoisotopic (exact) mass is 276 g/mol. The molecule has 0 spiro atoms. The van der Waals surface area contributed by atoms with Gasteiger partial charge >= 0.3 is 0 Å². The molecule has 2 unspecified atom stereocenters. The summed E-state index contributed by atoms with van der Waals surface area (Å²) >= 11 is 0. The second-order valence-electron chi connectivity index (χ2n) is 5.14. The Morgan fingerprint density at radius 1 is 1.50 bits per heavy atom. The Morgan fingerprint density at radius 2 is 2.30 bits per heavy atom. The number of hydrogen-bond donors (Lipinski definition) is 2. The van der Waals surface area contributed by atoms with Gasteiger partial charge in [0.05, 0.1) is 0 Å². The van der Waals surface area contributed by atoms with E-state index in [1.165, 1.54) is 5.56 Å². The van der Waals surface area contributed by atoms with E-state index in [9.17, 15) is 4.79 Å². The lowest BCUT2D eigenvalue weighted by molar-refractivity contribution is -0.123. The van der Waals surface area contributed by atoms with Gasteiger partial charge in [-0.2, -0.15) is 0 Å². The summed E-state index contributed by atoms with van der Waals surface area (Å²) in [6.45, 7) is 8.70. The van der Waals surface area contributed by atoms with Crippen LogP contribution in [0.15, 0.2) is 18.3 Å². The van der Waals surface area contributed by atoms with Crippen molar-refractivity contribution >= 4 is 11.7 Å². The number of hydrogen-bond acceptors (Lipinski definition) is 4. The molecular formula is C15H24N4O. The van der Waals surface area contributed by atoms with Crippen molar-refractivity contribution in [1.82, 2.24) is 15.6 Å². The minimum Gasteiger partial charge on any atom is -0.353 e. The van der Waals surface area contributed by atoms with E-state index in [1.807, 2.05) is 19.2 Å². The molecule has 5 nitrogen and oxygen atoms in total. The lowest BCUT2D eigenvalue weighted by Crippen LogP contribution is -2.55. The van der Waals surface area contributed by atoms with Gasteiger partial charge in [0, 0.05) is 25.3 Å². The van der Waals surface area contributed by atoms with Crippen LogP contribution >= 0.6 is 0 Å². The van der Waals surface area contributed by atoms with Gasteiger partial charge in [0.15, 0.2) is 0 Å². The topological polar surface area (TPSA) is 57.3 Å². The molecule has 20 heavy (non-hydrogen) atoms. The molecule has 0 bridgehead atoms. The predicted octanol–water partition coefficient (Wildman–Crippen LogP) is 1.47. The van der Waals surface area contributed by atoms with E-state index >= 15 is 0 Å². The van der Waals surface area contributed by atoms with Gasteiger partial charge in [-0.3, -0.25) is 4.79 Å². The summed E-state index contributed by atoms with van der Waals surface area (Å²) in [5.41, 5.74) is 1.17. The second-order valence-corrected chi connectivity index (χ2v) is 5.14. The van der Waals surface area contributed by atoms with Crippen LogP contribution in [-0.2, 0) is 4.79 Å². The summed E-state index contributed by atoms with van der Waals surface area (Å²) in [4.78, 5) is 18.5. The van der Waals surface area contributed by atoms with Crippen LogP contribution in [0.5, 0.6) is 0 Å². The molecule has 0 saturated carbocycles. The fourth-order valence-electron chi connectivity index (χ4n) is 2.64. The summed E-state index contributed by atoms with van der Waals surface area (Å²) in [6, 6.07) is 4.31. The number of nitrogens with one attached hydrogen (secondary N) is 2. The molecule has 0 aromatic carbocycles. The summed E-state index contributed by atoms with van der Waals surface area (Å²) in [6.07, 6.45) is 2.70. The average molecular weight is 276 g/mol. The lowest BCUT2D eigenvalue weighted by atomic mass is 10.1. The molecule has 110 valence electrons. The number of carbonyl (C=O) groups excluding carboxylic acids is 1. The Morgan fingerprint density at radius 3 is 2.90 bits per heavy atom. The second kappa shape index (κ2) is 6.70. The fraction of sp³-hybridized carbons (Fsp3) is 0.600. The molecule has 1 aliphatic rings. The highest BCUT2D eigenvalue weighted by atomic mass is 16.2. The first-order chi connectivity index (χ1) is 9.67. The number of piperazine rings is 1. The van der Waals surface area contributed by atoms with E-state index in [4.69, 9.17) is 0 Å². The maximum Gasteiger partial charge on any atom is 0.242 e. The molecule has 2 rings (SSSR count). The van der Waals surface area contributed by atoms with Crippen molar-refractivity contribution in [2.24, 2.45) is 0 Å². The highest BCUT2D eigenvalue weighted by Gasteiger charge is 2.28. The first-order valence-corrected chi connectivity index (χ1v) is 7.41. The quantitative estimate of drug-likeness (QED) is 0.855. The van der Waals surface area contributed by atoms with Gasteiger partial charge < -0.3 is 15.5 Å². The van der Waals surface area contributed by atoms with Gasteiger partial charge in [-0.15, -0.1) is 0 Å². The predicted molar refractivity (Wildman–Crippen MR) is 80.8 cm³/mol. The third kappa shape index (κ3) is 3.10. The van der Waals surface area contributed by atoms with E-state index in [0.29, 0.717) is 12.6 Å². The Kier molecular flexibility index (Phi) is 4.95. The number of amides is 1. The number of carbonyl (C=O) groups is 1. The maximum atomic E-state index is 11.9. The van der Waals surface area contributed by atoms with Gasteiger partial charge in [-0.05, 0) is 31.5 Å². The van der Waals surface area contributed by atoms with Crippen molar-refractivity contribution in [2.75, 3.05) is 24.5 Å². The molecule has 0 aliphatic carbocycles. The molecule has 1 fully saturated rings. The first kappa shape index (κ1) is 14.8. The Hall–Kier alpha value is -1.62. The Labute approximate surface area is 120 Å². The minimum absolute atomic E-state index is 0.102. The zero-order valence-corrected chi connectivity index (χ0v) is 12.5. The summed E-state index contributed by atoms with van der Waals surface area (Å²) in [5.74, 6) is 0.991. The van der Waals surface area contributed by atoms with Crippen molar-refractivity contribution in [3.8, 4) is 0 Å². The highest BCUT2D eigenvalue weighted by molar-refractivity contribution is 5.86. The van der Waals surface area contributed by atoms with E-state index in [1.54, 1.807) is 0 Å². The molecule has 1 aromatic heterocycles. The lowest BCUT2D eigenvalue weighted by Gasteiger charge is -2.35. The molecule has 1 aromatic rings. The average Bonchev–Trinajstić information content (AvgIpc) is 2.47. The van der Waals surface area contributed by atoms with Crippen molar-refractivity contribution in [3.63, 3.8) is 0 Å². The van der Waals surface area contributed by atoms with Crippen LogP contribution in [0.2, 0.25) is 0 Å². The SMILES string of the molecule is CCNC(C)c1ccc(N2CCNC(=O)C2CC)nc1. The maximum absolute atomic E-state index is 11.9. The van der Waals surface area contributed by atoms with Crippen LogP contribution in [-0.4, -0.2) is 36.6 Å². The van der Waals surface area contributed by atoms with E-state index in [0.717, 1.165) is 25.3 Å². The van der Waals surface area contributed by atoms with Gasteiger partial charge in [0.25, 0.3) is 0 Å². The van der Waals surface area contributed by atoms with Crippen LogP contribution in [0.1, 0.15) is 38.8 Å². The molecule has 0 radical (unpaired) electrons. The number of aromatic nitrogens is 1. The van der Waals surface area contributed by atoms with Gasteiger partial charge in [0.1, 0.15) is 11.9 Å².